The quantitative estimate of drug-likeness (QED) is 0.506. The van der Waals surface area contributed by atoms with E-state index in [-0.39, 0.29) is 0 Å². The van der Waals surface area contributed by atoms with Gasteiger partial charge in [-0.25, -0.2) is 29.4 Å². The van der Waals surface area contributed by atoms with Gasteiger partial charge in [0.2, 0.25) is 11.9 Å². The van der Waals surface area contributed by atoms with Gasteiger partial charge in [0.15, 0.2) is 0 Å². The average Bonchev–Trinajstić information content (AvgIpc) is 3.19. The Morgan fingerprint density at radius 3 is 2.69 bits per heavy atom. The molecule has 0 bridgehead atoms. The van der Waals surface area contributed by atoms with Crippen molar-refractivity contribution in [2.45, 2.75) is 20.8 Å². The highest BCUT2D eigenvalue weighted by Crippen LogP contribution is 2.23. The Kier molecular flexibility index (Phi) is 3.87. The van der Waals surface area contributed by atoms with E-state index in [2.05, 4.69) is 53.3 Å². The zero-order chi connectivity index (χ0) is 20.0. The van der Waals surface area contributed by atoms with E-state index in [1.54, 1.807) is 16.9 Å². The first-order chi connectivity index (χ1) is 14.1. The number of anilines is 2. The van der Waals surface area contributed by atoms with Crippen LogP contribution in [0.2, 0.25) is 0 Å². The Morgan fingerprint density at radius 2 is 1.79 bits per heavy atom. The normalized spacial score (nSPS) is 11.3. The number of aryl methyl sites for hydroxylation is 3. The van der Waals surface area contributed by atoms with E-state index in [4.69, 9.17) is 0 Å². The molecule has 9 nitrogen and oxygen atoms in total. The van der Waals surface area contributed by atoms with Gasteiger partial charge >= 0.3 is 0 Å². The van der Waals surface area contributed by atoms with Crippen molar-refractivity contribution < 1.29 is 0 Å². The number of rotatable bonds is 3. The standard InChI is InChI=1S/C20H17N9/c1-11-4-5-16-14(8-11)12(2)25-19(27-16)28-18-21-7-6-17(26-18)15-9-22-20-23-10-24-29(20)13(15)3/h4-10H,1-3H3,(H,21,25,26,27,28). The van der Waals surface area contributed by atoms with Crippen molar-refractivity contribution >= 4 is 28.6 Å². The van der Waals surface area contributed by atoms with Crippen LogP contribution in [0.25, 0.3) is 27.9 Å². The van der Waals surface area contributed by atoms with Crippen molar-refractivity contribution in [1.82, 2.24) is 39.5 Å². The van der Waals surface area contributed by atoms with Gasteiger partial charge in [0.25, 0.3) is 5.78 Å². The Balaban J connectivity index is 1.52. The maximum absolute atomic E-state index is 4.61. The van der Waals surface area contributed by atoms with Crippen molar-refractivity contribution in [2.24, 2.45) is 0 Å². The fourth-order valence-electron chi connectivity index (χ4n) is 3.26. The monoisotopic (exact) mass is 383 g/mol. The highest BCUT2D eigenvalue weighted by molar-refractivity contribution is 5.82. The SMILES string of the molecule is Cc1ccc2nc(Nc3nccc(-c4cnc5ncnn5c4C)n3)nc(C)c2c1. The van der Waals surface area contributed by atoms with Gasteiger partial charge in [-0.3, -0.25) is 5.32 Å². The second-order valence-corrected chi connectivity index (χ2v) is 6.77. The van der Waals surface area contributed by atoms with Crippen LogP contribution in [0.15, 0.2) is 43.0 Å². The minimum absolute atomic E-state index is 0.409. The van der Waals surface area contributed by atoms with Crippen molar-refractivity contribution in [2.75, 3.05) is 5.32 Å². The Labute approximate surface area is 165 Å². The van der Waals surface area contributed by atoms with Crippen molar-refractivity contribution in [3.8, 4) is 11.3 Å². The van der Waals surface area contributed by atoms with Crippen LogP contribution in [0.1, 0.15) is 17.0 Å². The molecule has 0 atom stereocenters. The van der Waals surface area contributed by atoms with E-state index >= 15 is 0 Å². The first-order valence-corrected chi connectivity index (χ1v) is 9.09. The molecule has 5 rings (SSSR count). The van der Waals surface area contributed by atoms with Crippen molar-refractivity contribution in [3.05, 3.63) is 59.9 Å². The highest BCUT2D eigenvalue weighted by Gasteiger charge is 2.12. The largest absolute Gasteiger partial charge is 0.293 e. The van der Waals surface area contributed by atoms with E-state index in [9.17, 15) is 0 Å². The smallest absolute Gasteiger partial charge is 0.252 e. The maximum atomic E-state index is 4.61. The summed E-state index contributed by atoms with van der Waals surface area (Å²) in [6, 6.07) is 7.94. The summed E-state index contributed by atoms with van der Waals surface area (Å²) in [5.74, 6) is 1.41. The van der Waals surface area contributed by atoms with Gasteiger partial charge in [-0.15, -0.1) is 0 Å². The molecule has 0 saturated heterocycles. The minimum Gasteiger partial charge on any atom is -0.293 e. The first kappa shape index (κ1) is 17.1. The predicted octanol–water partition coefficient (Wildman–Crippen LogP) is 3.19. The number of aromatic nitrogens is 8. The third kappa shape index (κ3) is 3.02. The fraction of sp³-hybridized carbons (Fsp3) is 0.150. The number of fused-ring (bicyclic) bond motifs is 2. The molecule has 4 aromatic heterocycles. The number of nitrogens with one attached hydrogen (secondary N) is 1. The van der Waals surface area contributed by atoms with E-state index in [1.807, 2.05) is 32.0 Å². The molecule has 1 aromatic carbocycles. The van der Waals surface area contributed by atoms with Gasteiger partial charge in [-0.1, -0.05) is 11.6 Å². The molecule has 0 aliphatic carbocycles. The summed E-state index contributed by atoms with van der Waals surface area (Å²) in [4.78, 5) is 26.5. The highest BCUT2D eigenvalue weighted by atomic mass is 15.3. The van der Waals surface area contributed by atoms with Gasteiger partial charge < -0.3 is 0 Å². The van der Waals surface area contributed by atoms with Crippen LogP contribution in [0.3, 0.4) is 0 Å². The maximum Gasteiger partial charge on any atom is 0.252 e. The second-order valence-electron chi connectivity index (χ2n) is 6.77. The Bertz CT molecular complexity index is 1370. The van der Waals surface area contributed by atoms with Crippen LogP contribution >= 0.6 is 0 Å². The van der Waals surface area contributed by atoms with Gasteiger partial charge in [-0.05, 0) is 39.0 Å². The zero-order valence-corrected chi connectivity index (χ0v) is 16.1. The summed E-state index contributed by atoms with van der Waals surface area (Å²) in [6.07, 6.45) is 4.91. The van der Waals surface area contributed by atoms with Crippen molar-refractivity contribution in [1.29, 1.82) is 0 Å². The number of nitrogens with zero attached hydrogens (tertiary/aromatic N) is 8. The lowest BCUT2D eigenvalue weighted by Crippen LogP contribution is -2.05. The summed E-state index contributed by atoms with van der Waals surface area (Å²) in [7, 11) is 0. The molecule has 0 amide bonds. The molecule has 0 spiro atoms. The number of hydrogen-bond acceptors (Lipinski definition) is 8. The predicted molar refractivity (Wildman–Crippen MR) is 109 cm³/mol. The summed E-state index contributed by atoms with van der Waals surface area (Å²) < 4.78 is 1.68. The van der Waals surface area contributed by atoms with Crippen LogP contribution < -0.4 is 5.32 Å². The molecule has 29 heavy (non-hydrogen) atoms. The topological polar surface area (TPSA) is 107 Å². The molecule has 0 aliphatic heterocycles. The Morgan fingerprint density at radius 1 is 0.897 bits per heavy atom. The molecule has 4 heterocycles. The summed E-state index contributed by atoms with van der Waals surface area (Å²) >= 11 is 0. The molecule has 5 aromatic rings. The molecule has 0 unspecified atom stereocenters. The van der Waals surface area contributed by atoms with Gasteiger partial charge in [0.1, 0.15) is 6.33 Å². The number of benzene rings is 1. The van der Waals surface area contributed by atoms with E-state index < -0.39 is 0 Å². The van der Waals surface area contributed by atoms with Crippen LogP contribution in [0, 0.1) is 20.8 Å². The van der Waals surface area contributed by atoms with Crippen LogP contribution in [-0.4, -0.2) is 39.5 Å². The summed E-state index contributed by atoms with van der Waals surface area (Å²) in [5.41, 5.74) is 5.41. The molecule has 9 heteroatoms. The van der Waals surface area contributed by atoms with E-state index in [0.717, 1.165) is 33.5 Å². The second kappa shape index (κ2) is 6.55. The average molecular weight is 383 g/mol. The van der Waals surface area contributed by atoms with Crippen LogP contribution in [0.4, 0.5) is 11.9 Å². The molecule has 1 N–H and O–H groups in total. The van der Waals surface area contributed by atoms with Gasteiger partial charge in [0, 0.05) is 23.3 Å². The van der Waals surface area contributed by atoms with Crippen LogP contribution in [0.5, 0.6) is 0 Å². The third-order valence-electron chi connectivity index (χ3n) is 4.74. The van der Waals surface area contributed by atoms with Crippen molar-refractivity contribution in [3.63, 3.8) is 0 Å². The molecule has 0 radical (unpaired) electrons. The lowest BCUT2D eigenvalue weighted by Gasteiger charge is -2.09. The minimum atomic E-state index is 0.409. The molecular formula is C20H17N9. The molecular weight excluding hydrogens is 366 g/mol. The van der Waals surface area contributed by atoms with Gasteiger partial charge in [0.05, 0.1) is 22.6 Å². The molecule has 0 saturated carbocycles. The molecule has 142 valence electrons. The van der Waals surface area contributed by atoms with Gasteiger partial charge in [-0.2, -0.15) is 10.1 Å². The van der Waals surface area contributed by atoms with E-state index in [0.29, 0.717) is 17.7 Å². The lowest BCUT2D eigenvalue weighted by molar-refractivity contribution is 0.895. The summed E-state index contributed by atoms with van der Waals surface area (Å²) in [6.45, 7) is 5.97. The molecule has 0 fully saturated rings. The molecule has 0 aliphatic rings. The Hall–Kier alpha value is -4.01. The zero-order valence-electron chi connectivity index (χ0n) is 16.1. The lowest BCUT2D eigenvalue weighted by atomic mass is 10.1. The van der Waals surface area contributed by atoms with Crippen LogP contribution in [-0.2, 0) is 0 Å². The fourth-order valence-corrected chi connectivity index (χ4v) is 3.26. The van der Waals surface area contributed by atoms with E-state index in [1.165, 1.54) is 11.9 Å². The number of hydrogen-bond donors (Lipinski definition) is 1. The first-order valence-electron chi connectivity index (χ1n) is 9.09. The third-order valence-corrected chi connectivity index (χ3v) is 4.74. The summed E-state index contributed by atoms with van der Waals surface area (Å²) in [5, 5.41) is 8.35.